The Hall–Kier alpha value is -2.86. The van der Waals surface area contributed by atoms with Gasteiger partial charge in [-0.3, -0.25) is 4.79 Å². The van der Waals surface area contributed by atoms with E-state index < -0.39 is 6.09 Å². The standard InChI is InChI=1S/C21H22N2O4/c24-19-11-17(12-22-21(25)27-13-15-7-3-1-4-8-15)18-14-26-20(23(18)19)16-9-5-2-6-10-16/h1-10,17-18,20H,11-14H2,(H,22,25)/t17-,18-,20-/m1/s1. The lowest BCUT2D eigenvalue weighted by Gasteiger charge is -2.23. The third kappa shape index (κ3) is 3.80. The molecule has 140 valence electrons. The lowest BCUT2D eigenvalue weighted by molar-refractivity contribution is -0.134. The van der Waals surface area contributed by atoms with Crippen molar-refractivity contribution in [2.45, 2.75) is 25.3 Å². The minimum absolute atomic E-state index is 0.0165. The van der Waals surface area contributed by atoms with Gasteiger partial charge in [0.25, 0.3) is 0 Å². The predicted octanol–water partition coefficient (Wildman–Crippen LogP) is 2.86. The summed E-state index contributed by atoms with van der Waals surface area (Å²) in [6.45, 7) is 1.10. The minimum Gasteiger partial charge on any atom is -0.445 e. The van der Waals surface area contributed by atoms with Crippen LogP contribution in [0.5, 0.6) is 0 Å². The van der Waals surface area contributed by atoms with Crippen molar-refractivity contribution >= 4 is 12.0 Å². The highest BCUT2D eigenvalue weighted by Crippen LogP contribution is 2.39. The average Bonchev–Trinajstić information content (AvgIpc) is 3.28. The van der Waals surface area contributed by atoms with E-state index in [1.807, 2.05) is 65.6 Å². The van der Waals surface area contributed by atoms with E-state index >= 15 is 0 Å². The van der Waals surface area contributed by atoms with Crippen LogP contribution < -0.4 is 5.32 Å². The molecule has 2 aliphatic rings. The highest BCUT2D eigenvalue weighted by atomic mass is 16.5. The average molecular weight is 366 g/mol. The van der Waals surface area contributed by atoms with E-state index in [9.17, 15) is 9.59 Å². The Kier molecular flexibility index (Phi) is 5.07. The fourth-order valence-electron chi connectivity index (χ4n) is 3.74. The Balaban J connectivity index is 1.31. The number of hydrogen-bond acceptors (Lipinski definition) is 4. The number of nitrogens with one attached hydrogen (secondary N) is 1. The monoisotopic (exact) mass is 366 g/mol. The van der Waals surface area contributed by atoms with Gasteiger partial charge in [-0.2, -0.15) is 0 Å². The Morgan fingerprint density at radius 3 is 2.56 bits per heavy atom. The summed E-state index contributed by atoms with van der Waals surface area (Å²) in [5.41, 5.74) is 1.91. The molecule has 0 saturated carbocycles. The molecule has 6 heteroatoms. The van der Waals surface area contributed by atoms with Crippen LogP contribution in [-0.4, -0.2) is 36.1 Å². The first-order valence-electron chi connectivity index (χ1n) is 9.14. The van der Waals surface area contributed by atoms with E-state index in [1.54, 1.807) is 0 Å². The summed E-state index contributed by atoms with van der Waals surface area (Å²) < 4.78 is 11.1. The highest BCUT2D eigenvalue weighted by molar-refractivity contribution is 5.80. The summed E-state index contributed by atoms with van der Waals surface area (Å²) >= 11 is 0. The first kappa shape index (κ1) is 17.5. The third-order valence-corrected chi connectivity index (χ3v) is 5.11. The maximum atomic E-state index is 12.5. The van der Waals surface area contributed by atoms with Gasteiger partial charge in [-0.05, 0) is 5.56 Å². The molecule has 2 aromatic rings. The Morgan fingerprint density at radius 1 is 1.11 bits per heavy atom. The molecule has 2 aromatic carbocycles. The van der Waals surface area contributed by atoms with Crippen LogP contribution in [0.4, 0.5) is 4.79 Å². The van der Waals surface area contributed by atoms with E-state index in [0.717, 1.165) is 11.1 Å². The fraction of sp³-hybridized carbons (Fsp3) is 0.333. The molecule has 2 aliphatic heterocycles. The van der Waals surface area contributed by atoms with Crippen LogP contribution in [0.2, 0.25) is 0 Å². The molecule has 1 N–H and O–H groups in total. The third-order valence-electron chi connectivity index (χ3n) is 5.11. The molecule has 2 fully saturated rings. The second kappa shape index (κ2) is 7.80. The maximum Gasteiger partial charge on any atom is 0.407 e. The Morgan fingerprint density at radius 2 is 1.81 bits per heavy atom. The van der Waals surface area contributed by atoms with Crippen LogP contribution in [0.1, 0.15) is 23.8 Å². The van der Waals surface area contributed by atoms with E-state index in [4.69, 9.17) is 9.47 Å². The second-order valence-corrected chi connectivity index (χ2v) is 6.87. The van der Waals surface area contributed by atoms with Crippen molar-refractivity contribution < 1.29 is 19.1 Å². The van der Waals surface area contributed by atoms with Gasteiger partial charge in [0.2, 0.25) is 5.91 Å². The molecular formula is C21H22N2O4. The molecule has 0 spiro atoms. The number of nitrogens with zero attached hydrogens (tertiary/aromatic N) is 1. The molecule has 4 rings (SSSR count). The summed E-state index contributed by atoms with van der Waals surface area (Å²) in [6, 6.07) is 19.3. The zero-order valence-electron chi connectivity index (χ0n) is 14.9. The summed E-state index contributed by atoms with van der Waals surface area (Å²) in [5, 5.41) is 2.79. The molecule has 2 saturated heterocycles. The number of alkyl carbamates (subject to hydrolysis) is 1. The van der Waals surface area contributed by atoms with Crippen molar-refractivity contribution in [2.24, 2.45) is 5.92 Å². The molecule has 0 bridgehead atoms. The summed E-state index contributed by atoms with van der Waals surface area (Å²) in [7, 11) is 0. The number of rotatable bonds is 5. The topological polar surface area (TPSA) is 67.9 Å². The molecule has 27 heavy (non-hydrogen) atoms. The van der Waals surface area contributed by atoms with Crippen LogP contribution in [-0.2, 0) is 20.9 Å². The maximum absolute atomic E-state index is 12.5. The van der Waals surface area contributed by atoms with Gasteiger partial charge in [0.05, 0.1) is 12.6 Å². The number of carbonyl (C=O) groups excluding carboxylic acids is 2. The van der Waals surface area contributed by atoms with Crippen LogP contribution >= 0.6 is 0 Å². The molecule has 2 heterocycles. The van der Waals surface area contributed by atoms with Crippen LogP contribution in [0.3, 0.4) is 0 Å². The highest BCUT2D eigenvalue weighted by Gasteiger charge is 2.48. The number of benzene rings is 2. The number of hydrogen-bond donors (Lipinski definition) is 1. The SMILES string of the molecule is O=C(NC[C@H]1CC(=O)N2[C@@H](c3ccccc3)OC[C@H]12)OCc1ccccc1. The van der Waals surface area contributed by atoms with Crippen molar-refractivity contribution in [3.05, 3.63) is 71.8 Å². The van der Waals surface area contributed by atoms with Gasteiger partial charge in [-0.15, -0.1) is 0 Å². The zero-order chi connectivity index (χ0) is 18.6. The summed E-state index contributed by atoms with van der Waals surface area (Å²) in [4.78, 5) is 26.3. The van der Waals surface area contributed by atoms with Crippen LogP contribution in [0.15, 0.2) is 60.7 Å². The van der Waals surface area contributed by atoms with Gasteiger partial charge >= 0.3 is 6.09 Å². The first-order valence-corrected chi connectivity index (χ1v) is 9.14. The van der Waals surface area contributed by atoms with E-state index in [1.165, 1.54) is 0 Å². The lowest BCUT2D eigenvalue weighted by Crippen LogP contribution is -2.37. The molecule has 0 aliphatic carbocycles. The fourth-order valence-corrected chi connectivity index (χ4v) is 3.74. The van der Waals surface area contributed by atoms with E-state index in [-0.39, 0.29) is 30.7 Å². The lowest BCUT2D eigenvalue weighted by atomic mass is 10.0. The summed E-state index contributed by atoms with van der Waals surface area (Å²) in [6.07, 6.45) is -0.391. The van der Waals surface area contributed by atoms with Crippen LogP contribution in [0.25, 0.3) is 0 Å². The number of ether oxygens (including phenoxy) is 2. The van der Waals surface area contributed by atoms with E-state index in [2.05, 4.69) is 5.32 Å². The smallest absolute Gasteiger partial charge is 0.407 e. The van der Waals surface area contributed by atoms with Gasteiger partial charge < -0.3 is 19.7 Å². The molecule has 0 unspecified atom stereocenters. The zero-order valence-corrected chi connectivity index (χ0v) is 14.9. The van der Waals surface area contributed by atoms with Gasteiger partial charge in [0, 0.05) is 24.4 Å². The van der Waals surface area contributed by atoms with Gasteiger partial charge in [-0.25, -0.2) is 4.79 Å². The quantitative estimate of drug-likeness (QED) is 0.884. The normalized spacial score (nSPS) is 23.9. The Bertz CT molecular complexity index is 796. The van der Waals surface area contributed by atoms with E-state index in [0.29, 0.717) is 19.6 Å². The number of fused-ring (bicyclic) bond motifs is 1. The Labute approximate surface area is 158 Å². The second-order valence-electron chi connectivity index (χ2n) is 6.87. The van der Waals surface area contributed by atoms with Crippen molar-refractivity contribution in [1.82, 2.24) is 10.2 Å². The summed E-state index contributed by atoms with van der Waals surface area (Å²) in [5.74, 6) is 0.0892. The van der Waals surface area contributed by atoms with Gasteiger partial charge in [0.15, 0.2) is 6.23 Å². The largest absolute Gasteiger partial charge is 0.445 e. The van der Waals surface area contributed by atoms with Crippen molar-refractivity contribution in [3.63, 3.8) is 0 Å². The first-order chi connectivity index (χ1) is 13.2. The van der Waals surface area contributed by atoms with Crippen LogP contribution in [0, 0.1) is 5.92 Å². The molecule has 0 radical (unpaired) electrons. The van der Waals surface area contributed by atoms with Crippen molar-refractivity contribution in [3.8, 4) is 0 Å². The number of amides is 2. The molecule has 6 nitrogen and oxygen atoms in total. The molecular weight excluding hydrogens is 344 g/mol. The minimum atomic E-state index is -0.469. The van der Waals surface area contributed by atoms with Crippen molar-refractivity contribution in [2.75, 3.05) is 13.2 Å². The predicted molar refractivity (Wildman–Crippen MR) is 98.5 cm³/mol. The molecule has 3 atom stereocenters. The van der Waals surface area contributed by atoms with Gasteiger partial charge in [-0.1, -0.05) is 60.7 Å². The molecule has 0 aromatic heterocycles. The number of carbonyl (C=O) groups is 2. The van der Waals surface area contributed by atoms with Gasteiger partial charge in [0.1, 0.15) is 6.61 Å². The molecule has 2 amide bonds. The van der Waals surface area contributed by atoms with Crippen molar-refractivity contribution in [1.29, 1.82) is 0 Å².